The summed E-state index contributed by atoms with van der Waals surface area (Å²) in [6.45, 7) is 0. The fraction of sp³-hybridized carbons (Fsp3) is 0.455. The quantitative estimate of drug-likeness (QED) is 0.819. The normalized spacial score (nSPS) is 13.8. The molecule has 1 rings (SSSR count). The molecule has 0 fully saturated rings. The number of halogens is 5. The second-order valence-electron chi connectivity index (χ2n) is 3.82. The summed E-state index contributed by atoms with van der Waals surface area (Å²) in [5.74, 6) is -1.57. The Morgan fingerprint density at radius 3 is 2.12 bits per heavy atom. The van der Waals surface area contributed by atoms with E-state index in [0.717, 1.165) is 12.1 Å². The Hall–Kier alpha value is -1.17. The Balaban J connectivity index is 2.59. The average Bonchev–Trinajstić information content (AvgIpc) is 2.20. The molecule has 1 atom stereocenters. The van der Waals surface area contributed by atoms with Gasteiger partial charge in [0.2, 0.25) is 0 Å². The standard InChI is InChI=1S/C11H12F5N/c12-9-2-1-3-10(13)8(9)6-7(17)4-5-11(14,15)16/h1-3,7H,4-6,17H2. The maximum atomic E-state index is 13.2. The SMILES string of the molecule is NC(CCC(F)(F)F)Cc1c(F)cccc1F. The lowest BCUT2D eigenvalue weighted by Crippen LogP contribution is -2.26. The lowest BCUT2D eigenvalue weighted by Gasteiger charge is -2.14. The third-order valence-corrected chi connectivity index (χ3v) is 2.33. The molecule has 0 aliphatic rings. The molecule has 0 aliphatic heterocycles. The van der Waals surface area contributed by atoms with Gasteiger partial charge in [-0.05, 0) is 25.0 Å². The molecule has 0 saturated heterocycles. The fourth-order valence-corrected chi connectivity index (χ4v) is 1.44. The monoisotopic (exact) mass is 253 g/mol. The lowest BCUT2D eigenvalue weighted by atomic mass is 10.0. The molecular weight excluding hydrogens is 241 g/mol. The van der Waals surface area contributed by atoms with Gasteiger partial charge in [-0.3, -0.25) is 0 Å². The van der Waals surface area contributed by atoms with Gasteiger partial charge in [0.1, 0.15) is 11.6 Å². The Kier molecular flexibility index (Phi) is 4.45. The third-order valence-electron chi connectivity index (χ3n) is 2.33. The van der Waals surface area contributed by atoms with Gasteiger partial charge < -0.3 is 5.73 Å². The summed E-state index contributed by atoms with van der Waals surface area (Å²) in [5, 5.41) is 0. The first-order valence-electron chi connectivity index (χ1n) is 5.05. The van der Waals surface area contributed by atoms with Crippen LogP contribution in [0.25, 0.3) is 0 Å². The zero-order valence-electron chi connectivity index (χ0n) is 8.90. The molecule has 0 heterocycles. The summed E-state index contributed by atoms with van der Waals surface area (Å²) in [4.78, 5) is 0. The molecule has 1 aromatic rings. The molecule has 1 nitrogen and oxygen atoms in total. The summed E-state index contributed by atoms with van der Waals surface area (Å²) in [6.07, 6.45) is -5.94. The second-order valence-corrected chi connectivity index (χ2v) is 3.82. The molecule has 0 aromatic heterocycles. The predicted molar refractivity (Wildman–Crippen MR) is 53.3 cm³/mol. The van der Waals surface area contributed by atoms with Crippen LogP contribution in [-0.4, -0.2) is 12.2 Å². The van der Waals surface area contributed by atoms with Gasteiger partial charge in [-0.15, -0.1) is 0 Å². The summed E-state index contributed by atoms with van der Waals surface area (Å²) in [7, 11) is 0. The maximum absolute atomic E-state index is 13.2. The van der Waals surface area contributed by atoms with Crippen molar-refractivity contribution >= 4 is 0 Å². The van der Waals surface area contributed by atoms with Crippen LogP contribution in [0.4, 0.5) is 22.0 Å². The van der Waals surface area contributed by atoms with Gasteiger partial charge >= 0.3 is 6.18 Å². The van der Waals surface area contributed by atoms with Crippen LogP contribution in [0.1, 0.15) is 18.4 Å². The minimum atomic E-state index is -4.30. The predicted octanol–water partition coefficient (Wildman–Crippen LogP) is 3.18. The van der Waals surface area contributed by atoms with Crippen molar-refractivity contribution in [2.24, 2.45) is 5.73 Å². The van der Waals surface area contributed by atoms with Crippen molar-refractivity contribution < 1.29 is 22.0 Å². The van der Waals surface area contributed by atoms with Crippen LogP contribution in [0.15, 0.2) is 18.2 Å². The topological polar surface area (TPSA) is 26.0 Å². The Morgan fingerprint density at radius 1 is 1.12 bits per heavy atom. The van der Waals surface area contributed by atoms with Gasteiger partial charge in [0.25, 0.3) is 0 Å². The van der Waals surface area contributed by atoms with E-state index in [0.29, 0.717) is 0 Å². The van der Waals surface area contributed by atoms with Crippen LogP contribution < -0.4 is 5.73 Å². The first kappa shape index (κ1) is 13.9. The first-order valence-corrected chi connectivity index (χ1v) is 5.05. The molecule has 0 aliphatic carbocycles. The zero-order chi connectivity index (χ0) is 13.1. The van der Waals surface area contributed by atoms with Crippen LogP contribution in [0.5, 0.6) is 0 Å². The van der Waals surface area contributed by atoms with Gasteiger partial charge in [-0.25, -0.2) is 8.78 Å². The van der Waals surface area contributed by atoms with Crippen molar-refractivity contribution in [1.29, 1.82) is 0 Å². The van der Waals surface area contributed by atoms with Gasteiger partial charge in [-0.2, -0.15) is 13.2 Å². The van der Waals surface area contributed by atoms with Gasteiger partial charge in [0, 0.05) is 18.0 Å². The van der Waals surface area contributed by atoms with E-state index in [1.165, 1.54) is 6.07 Å². The summed E-state index contributed by atoms with van der Waals surface area (Å²) < 4.78 is 62.1. The van der Waals surface area contributed by atoms with Crippen LogP contribution in [0, 0.1) is 11.6 Å². The van der Waals surface area contributed by atoms with E-state index in [2.05, 4.69) is 0 Å². The van der Waals surface area contributed by atoms with Crippen molar-refractivity contribution in [1.82, 2.24) is 0 Å². The molecule has 0 radical (unpaired) electrons. The lowest BCUT2D eigenvalue weighted by molar-refractivity contribution is -0.136. The minimum absolute atomic E-state index is 0.241. The fourth-order valence-electron chi connectivity index (χ4n) is 1.44. The van der Waals surface area contributed by atoms with Crippen molar-refractivity contribution in [3.8, 4) is 0 Å². The molecule has 0 spiro atoms. The van der Waals surface area contributed by atoms with Gasteiger partial charge in [0.15, 0.2) is 0 Å². The largest absolute Gasteiger partial charge is 0.389 e. The van der Waals surface area contributed by atoms with Crippen LogP contribution >= 0.6 is 0 Å². The number of benzene rings is 1. The molecule has 96 valence electrons. The van der Waals surface area contributed by atoms with E-state index in [1.807, 2.05) is 0 Å². The van der Waals surface area contributed by atoms with Crippen molar-refractivity contribution in [3.05, 3.63) is 35.4 Å². The number of rotatable bonds is 4. The summed E-state index contributed by atoms with van der Waals surface area (Å²) >= 11 is 0. The third kappa shape index (κ3) is 4.68. The Bertz CT molecular complexity index is 354. The summed E-state index contributed by atoms with van der Waals surface area (Å²) in [6, 6.07) is 2.38. The summed E-state index contributed by atoms with van der Waals surface area (Å²) in [5.41, 5.74) is 5.16. The highest BCUT2D eigenvalue weighted by molar-refractivity contribution is 5.20. The van der Waals surface area contributed by atoms with Crippen molar-refractivity contribution in [2.45, 2.75) is 31.5 Å². The first-order chi connectivity index (χ1) is 7.79. The van der Waals surface area contributed by atoms with Crippen LogP contribution in [0.2, 0.25) is 0 Å². The highest BCUT2D eigenvalue weighted by atomic mass is 19.4. The molecule has 0 amide bonds. The van der Waals surface area contributed by atoms with Crippen molar-refractivity contribution in [3.63, 3.8) is 0 Å². The number of nitrogens with two attached hydrogens (primary N) is 1. The number of hydrogen-bond acceptors (Lipinski definition) is 1. The van der Waals surface area contributed by atoms with E-state index in [-0.39, 0.29) is 18.4 Å². The van der Waals surface area contributed by atoms with E-state index >= 15 is 0 Å². The Morgan fingerprint density at radius 2 is 1.65 bits per heavy atom. The second kappa shape index (κ2) is 5.44. The van der Waals surface area contributed by atoms with E-state index in [4.69, 9.17) is 5.73 Å². The average molecular weight is 253 g/mol. The molecule has 2 N–H and O–H groups in total. The molecule has 1 unspecified atom stereocenters. The zero-order valence-corrected chi connectivity index (χ0v) is 8.90. The van der Waals surface area contributed by atoms with Gasteiger partial charge in [0.05, 0.1) is 0 Å². The molecule has 17 heavy (non-hydrogen) atoms. The highest BCUT2D eigenvalue weighted by Gasteiger charge is 2.27. The molecular formula is C11H12F5N. The number of hydrogen-bond donors (Lipinski definition) is 1. The van der Waals surface area contributed by atoms with Crippen LogP contribution in [-0.2, 0) is 6.42 Å². The smallest absolute Gasteiger partial charge is 0.327 e. The Labute approximate surface area is 95.4 Å². The number of alkyl halides is 3. The highest BCUT2D eigenvalue weighted by Crippen LogP contribution is 2.23. The van der Waals surface area contributed by atoms with Crippen LogP contribution in [0.3, 0.4) is 0 Å². The van der Waals surface area contributed by atoms with E-state index in [1.54, 1.807) is 0 Å². The van der Waals surface area contributed by atoms with E-state index < -0.39 is 30.3 Å². The van der Waals surface area contributed by atoms with E-state index in [9.17, 15) is 22.0 Å². The molecule has 1 aromatic carbocycles. The molecule has 6 heteroatoms. The molecule has 0 saturated carbocycles. The van der Waals surface area contributed by atoms with Gasteiger partial charge in [-0.1, -0.05) is 6.07 Å². The minimum Gasteiger partial charge on any atom is -0.327 e. The molecule has 0 bridgehead atoms. The maximum Gasteiger partial charge on any atom is 0.389 e. The van der Waals surface area contributed by atoms with Crippen molar-refractivity contribution in [2.75, 3.05) is 0 Å².